The lowest BCUT2D eigenvalue weighted by atomic mass is 9.95. The van der Waals surface area contributed by atoms with Gasteiger partial charge in [-0.3, -0.25) is 14.5 Å². The highest BCUT2D eigenvalue weighted by Crippen LogP contribution is 2.44. The molecule has 4 aromatic rings. The topological polar surface area (TPSA) is 102 Å². The maximum absolute atomic E-state index is 13.5. The molecule has 0 radical (unpaired) electrons. The Bertz CT molecular complexity index is 1590. The molecule has 1 unspecified atom stereocenters. The van der Waals surface area contributed by atoms with Crippen LogP contribution in [0, 0.1) is 5.82 Å². The summed E-state index contributed by atoms with van der Waals surface area (Å²) in [5.74, 6) is -0.607. The van der Waals surface area contributed by atoms with Gasteiger partial charge in [0, 0.05) is 11.3 Å². The molecular weight excluding hydrogens is 565 g/mol. The van der Waals surface area contributed by atoms with E-state index in [2.05, 4.69) is 10.2 Å². The highest BCUT2D eigenvalue weighted by atomic mass is 32.2. The van der Waals surface area contributed by atoms with Gasteiger partial charge in [0.2, 0.25) is 5.13 Å². The second-order valence-electron chi connectivity index (χ2n) is 9.08. The molecule has 1 atom stereocenters. The summed E-state index contributed by atoms with van der Waals surface area (Å²) < 4.78 is 24.8. The van der Waals surface area contributed by atoms with Crippen LogP contribution in [0.3, 0.4) is 0 Å². The average Bonchev–Trinajstić information content (AvgIpc) is 3.57. The molecule has 3 aromatic carbocycles. The Morgan fingerprint density at radius 2 is 1.80 bits per heavy atom. The number of Topliss-reactive ketones (excluding diaryl/α,β-unsaturated/α-hetero) is 1. The van der Waals surface area contributed by atoms with Gasteiger partial charge in [-0.2, -0.15) is 0 Å². The van der Waals surface area contributed by atoms with Crippen LogP contribution < -0.4 is 14.4 Å². The van der Waals surface area contributed by atoms with Crippen molar-refractivity contribution in [3.63, 3.8) is 0 Å². The van der Waals surface area contributed by atoms with Crippen molar-refractivity contribution in [3.8, 4) is 11.5 Å². The number of aromatic nitrogens is 2. The molecule has 210 valence electrons. The molecule has 1 aliphatic rings. The quantitative estimate of drug-likeness (QED) is 0.0744. The summed E-state index contributed by atoms with van der Waals surface area (Å²) in [6, 6.07) is 18.9. The maximum atomic E-state index is 13.5. The number of rotatable bonds is 10. The van der Waals surface area contributed by atoms with Crippen LogP contribution in [0.15, 0.2) is 82.7 Å². The molecule has 1 fully saturated rings. The Hall–Kier alpha value is -4.22. The van der Waals surface area contributed by atoms with Gasteiger partial charge in [-0.05, 0) is 66.1 Å². The number of hydrogen-bond donors (Lipinski definition) is 1. The fourth-order valence-electron chi connectivity index (χ4n) is 4.33. The molecule has 1 aliphatic heterocycles. The lowest BCUT2D eigenvalue weighted by Gasteiger charge is -2.23. The van der Waals surface area contributed by atoms with Crippen LogP contribution in [0.1, 0.15) is 36.1 Å². The monoisotopic (exact) mass is 591 g/mol. The van der Waals surface area contributed by atoms with Gasteiger partial charge in [0.1, 0.15) is 23.1 Å². The number of methoxy groups -OCH3 is 1. The molecule has 0 aliphatic carbocycles. The van der Waals surface area contributed by atoms with Crippen LogP contribution in [-0.2, 0) is 15.3 Å². The van der Waals surface area contributed by atoms with Crippen LogP contribution in [0.5, 0.6) is 11.5 Å². The van der Waals surface area contributed by atoms with Gasteiger partial charge in [0.15, 0.2) is 4.34 Å². The molecular formula is C30H26FN3O5S2. The summed E-state index contributed by atoms with van der Waals surface area (Å²) in [6.45, 7) is 2.56. The number of ether oxygens (including phenoxy) is 2. The van der Waals surface area contributed by atoms with Gasteiger partial charge < -0.3 is 14.6 Å². The van der Waals surface area contributed by atoms with Crippen molar-refractivity contribution in [1.82, 2.24) is 10.2 Å². The first-order valence-electron chi connectivity index (χ1n) is 12.8. The third-order valence-corrected chi connectivity index (χ3v) is 8.46. The van der Waals surface area contributed by atoms with Gasteiger partial charge in [-0.25, -0.2) is 4.39 Å². The van der Waals surface area contributed by atoms with Gasteiger partial charge in [0.25, 0.3) is 5.78 Å². The van der Waals surface area contributed by atoms with Gasteiger partial charge >= 0.3 is 5.91 Å². The number of ketones is 1. The van der Waals surface area contributed by atoms with Crippen molar-refractivity contribution < 1.29 is 28.6 Å². The Morgan fingerprint density at radius 1 is 1.05 bits per heavy atom. The molecule has 0 saturated carbocycles. The summed E-state index contributed by atoms with van der Waals surface area (Å²) in [4.78, 5) is 28.2. The largest absolute Gasteiger partial charge is 0.507 e. The normalized spacial score (nSPS) is 16.3. The fraction of sp³-hybridized carbons (Fsp3) is 0.200. The van der Waals surface area contributed by atoms with Gasteiger partial charge in [-0.1, -0.05) is 54.3 Å². The number of aliphatic hydroxyl groups is 1. The number of anilines is 1. The Kier molecular flexibility index (Phi) is 8.65. The standard InChI is InChI=1S/C30H26FN3O5S2/c1-3-15-39-22-13-9-19(10-14-22)26(35)24-25(20-5-4-6-23(16-20)38-2)34(28(37)27(24)36)29-32-33-30(41-29)40-17-18-7-11-21(31)12-8-18/h4-14,16,25,35H,3,15,17H2,1-2H3/b26-24-. The minimum atomic E-state index is -0.969. The average molecular weight is 592 g/mol. The van der Waals surface area contributed by atoms with Crippen LogP contribution >= 0.6 is 23.1 Å². The van der Waals surface area contributed by atoms with Crippen LogP contribution in [0.4, 0.5) is 9.52 Å². The number of amides is 1. The molecule has 0 bridgehead atoms. The third-order valence-electron chi connectivity index (χ3n) is 6.33. The second kappa shape index (κ2) is 12.5. The predicted molar refractivity (Wildman–Crippen MR) is 156 cm³/mol. The van der Waals surface area contributed by atoms with Crippen molar-refractivity contribution >= 4 is 45.7 Å². The summed E-state index contributed by atoms with van der Waals surface area (Å²) in [5.41, 5.74) is 1.76. The number of halogens is 1. The first-order valence-corrected chi connectivity index (χ1v) is 14.6. The SMILES string of the molecule is CCCOc1ccc(/C(O)=C2/C(=O)C(=O)N(c3nnc(SCc4ccc(F)cc4)s3)C2c2cccc(OC)c2)cc1. The molecule has 1 N–H and O–H groups in total. The summed E-state index contributed by atoms with van der Waals surface area (Å²) >= 11 is 2.53. The van der Waals surface area contributed by atoms with Crippen molar-refractivity contribution in [2.75, 3.05) is 18.6 Å². The van der Waals surface area contributed by atoms with E-state index in [1.807, 2.05) is 6.92 Å². The summed E-state index contributed by atoms with van der Waals surface area (Å²) in [5, 5.41) is 20.0. The summed E-state index contributed by atoms with van der Waals surface area (Å²) in [7, 11) is 1.52. The number of carbonyl (C=O) groups is 2. The molecule has 1 saturated heterocycles. The molecule has 5 rings (SSSR count). The van der Waals surface area contributed by atoms with Crippen molar-refractivity contribution in [1.29, 1.82) is 0 Å². The maximum Gasteiger partial charge on any atom is 0.301 e. The molecule has 1 aromatic heterocycles. The third kappa shape index (κ3) is 6.10. The van der Waals surface area contributed by atoms with E-state index >= 15 is 0 Å². The smallest absolute Gasteiger partial charge is 0.301 e. The summed E-state index contributed by atoms with van der Waals surface area (Å²) in [6.07, 6.45) is 0.851. The van der Waals surface area contributed by atoms with E-state index in [9.17, 15) is 19.1 Å². The molecule has 2 heterocycles. The van der Waals surface area contributed by atoms with E-state index in [0.29, 0.717) is 39.3 Å². The molecule has 0 spiro atoms. The lowest BCUT2D eigenvalue weighted by molar-refractivity contribution is -0.132. The number of nitrogens with zero attached hydrogens (tertiary/aromatic N) is 3. The van der Waals surface area contributed by atoms with Crippen molar-refractivity contribution in [2.45, 2.75) is 29.5 Å². The zero-order chi connectivity index (χ0) is 28.9. The Morgan fingerprint density at radius 3 is 2.51 bits per heavy atom. The Labute approximate surface area is 244 Å². The van der Waals surface area contributed by atoms with Crippen molar-refractivity contribution in [2.24, 2.45) is 0 Å². The number of hydrogen-bond acceptors (Lipinski definition) is 9. The fourth-order valence-corrected chi connectivity index (χ4v) is 6.15. The Balaban J connectivity index is 1.51. The number of aliphatic hydroxyl groups excluding tert-OH is 1. The second-order valence-corrected chi connectivity index (χ2v) is 11.3. The first kappa shape index (κ1) is 28.3. The van der Waals surface area contributed by atoms with E-state index in [0.717, 1.165) is 23.3 Å². The van der Waals surface area contributed by atoms with E-state index in [-0.39, 0.29) is 22.3 Å². The van der Waals surface area contributed by atoms with Gasteiger partial charge in [-0.15, -0.1) is 10.2 Å². The zero-order valence-corrected chi connectivity index (χ0v) is 23.9. The number of thioether (sulfide) groups is 1. The predicted octanol–water partition coefficient (Wildman–Crippen LogP) is 6.39. The van der Waals surface area contributed by atoms with Crippen LogP contribution in [0.25, 0.3) is 5.76 Å². The first-order chi connectivity index (χ1) is 19.9. The van der Waals surface area contributed by atoms with E-state index < -0.39 is 17.7 Å². The van der Waals surface area contributed by atoms with E-state index in [1.54, 1.807) is 60.7 Å². The molecule has 8 nitrogen and oxygen atoms in total. The minimum Gasteiger partial charge on any atom is -0.507 e. The van der Waals surface area contributed by atoms with Gasteiger partial charge in [0.05, 0.1) is 25.3 Å². The highest BCUT2D eigenvalue weighted by molar-refractivity contribution is 8.00. The minimum absolute atomic E-state index is 0.0683. The van der Waals surface area contributed by atoms with Crippen molar-refractivity contribution in [3.05, 3.63) is 101 Å². The van der Waals surface area contributed by atoms with E-state index in [1.165, 1.54) is 35.9 Å². The zero-order valence-electron chi connectivity index (χ0n) is 22.2. The van der Waals surface area contributed by atoms with E-state index in [4.69, 9.17) is 9.47 Å². The molecule has 41 heavy (non-hydrogen) atoms. The molecule has 11 heteroatoms. The molecule has 1 amide bonds. The number of benzene rings is 3. The lowest BCUT2D eigenvalue weighted by Crippen LogP contribution is -2.29. The van der Waals surface area contributed by atoms with Crippen LogP contribution in [-0.4, -0.2) is 40.7 Å². The number of carbonyl (C=O) groups excluding carboxylic acids is 2. The highest BCUT2D eigenvalue weighted by Gasteiger charge is 2.48. The van der Waals surface area contributed by atoms with Crippen LogP contribution in [0.2, 0.25) is 0 Å².